The van der Waals surface area contributed by atoms with Crippen molar-refractivity contribution in [2.75, 3.05) is 6.61 Å². The number of hydrogen-bond donors (Lipinski definition) is 1. The maximum Gasteiger partial charge on any atom is 0.336 e. The third-order valence-electron chi connectivity index (χ3n) is 3.87. The van der Waals surface area contributed by atoms with E-state index in [1.807, 2.05) is 23.8 Å². The monoisotopic (exact) mass is 327 g/mol. The molecule has 5 heteroatoms. The average molecular weight is 327 g/mol. The minimum Gasteiger partial charge on any atom is -0.493 e. The first-order chi connectivity index (χ1) is 11.6. The zero-order chi connectivity index (χ0) is 17.1. The number of aromatic carboxylic acids is 1. The Bertz CT molecular complexity index is 885. The topological polar surface area (TPSA) is 51.5 Å². The van der Waals surface area contributed by atoms with E-state index in [0.717, 1.165) is 17.5 Å². The molecule has 0 amide bonds. The van der Waals surface area contributed by atoms with Crippen LogP contribution in [0.5, 0.6) is 5.75 Å². The minimum atomic E-state index is -0.962. The van der Waals surface area contributed by atoms with E-state index in [4.69, 9.17) is 4.74 Å². The van der Waals surface area contributed by atoms with Crippen molar-refractivity contribution in [1.82, 2.24) is 4.57 Å². The number of nitrogens with zero attached hydrogens (tertiary/aromatic N) is 1. The highest BCUT2D eigenvalue weighted by atomic mass is 19.1. The van der Waals surface area contributed by atoms with Gasteiger partial charge in [-0.05, 0) is 42.8 Å². The Hall–Kier alpha value is -2.82. The van der Waals surface area contributed by atoms with E-state index in [0.29, 0.717) is 24.3 Å². The molecule has 1 aromatic heterocycles. The number of aromatic nitrogens is 1. The molecular weight excluding hydrogens is 309 g/mol. The molecule has 3 aromatic rings. The summed E-state index contributed by atoms with van der Waals surface area (Å²) in [6.45, 7) is 2.98. The molecule has 0 unspecified atom stereocenters. The van der Waals surface area contributed by atoms with Crippen molar-refractivity contribution >= 4 is 16.9 Å². The van der Waals surface area contributed by atoms with E-state index >= 15 is 0 Å². The lowest BCUT2D eigenvalue weighted by atomic mass is 10.1. The van der Waals surface area contributed by atoms with Gasteiger partial charge in [-0.15, -0.1) is 0 Å². The van der Waals surface area contributed by atoms with Gasteiger partial charge in [0.25, 0.3) is 0 Å². The zero-order valence-corrected chi connectivity index (χ0v) is 13.3. The molecule has 4 nitrogen and oxygen atoms in total. The highest BCUT2D eigenvalue weighted by molar-refractivity contribution is 6.03. The summed E-state index contributed by atoms with van der Waals surface area (Å²) in [5, 5.41) is 9.94. The molecule has 0 bridgehead atoms. The molecule has 1 N–H and O–H groups in total. The summed E-state index contributed by atoms with van der Waals surface area (Å²) in [5.74, 6) is -0.637. The van der Waals surface area contributed by atoms with Gasteiger partial charge in [0, 0.05) is 22.7 Å². The Kier molecular flexibility index (Phi) is 4.51. The number of halogens is 1. The smallest absolute Gasteiger partial charge is 0.336 e. The van der Waals surface area contributed by atoms with E-state index in [1.165, 1.54) is 12.1 Å². The van der Waals surface area contributed by atoms with Gasteiger partial charge in [-0.2, -0.15) is 0 Å². The first-order valence-electron chi connectivity index (χ1n) is 7.82. The van der Waals surface area contributed by atoms with Crippen LogP contribution >= 0.6 is 0 Å². The SMILES string of the molecule is CCCOc1ccc(F)cc1Cn1ccc2c(C(=O)O)cccc21. The van der Waals surface area contributed by atoms with Gasteiger partial charge in [-0.25, -0.2) is 9.18 Å². The van der Waals surface area contributed by atoms with Crippen LogP contribution in [0.1, 0.15) is 29.3 Å². The van der Waals surface area contributed by atoms with E-state index < -0.39 is 5.97 Å². The summed E-state index contributed by atoms with van der Waals surface area (Å²) in [6.07, 6.45) is 2.68. The second kappa shape index (κ2) is 6.74. The fourth-order valence-electron chi connectivity index (χ4n) is 2.76. The number of rotatable bonds is 6. The average Bonchev–Trinajstić information content (AvgIpc) is 2.97. The fraction of sp³-hybridized carbons (Fsp3) is 0.211. The summed E-state index contributed by atoms with van der Waals surface area (Å²) in [7, 11) is 0. The third-order valence-corrected chi connectivity index (χ3v) is 3.87. The van der Waals surface area contributed by atoms with Gasteiger partial charge in [0.15, 0.2) is 0 Å². The molecular formula is C19H18FNO3. The van der Waals surface area contributed by atoms with Crippen molar-refractivity contribution in [2.45, 2.75) is 19.9 Å². The number of benzene rings is 2. The molecule has 124 valence electrons. The molecule has 0 aliphatic heterocycles. The van der Waals surface area contributed by atoms with Crippen molar-refractivity contribution in [1.29, 1.82) is 0 Å². The second-order valence-electron chi connectivity index (χ2n) is 5.59. The summed E-state index contributed by atoms with van der Waals surface area (Å²) in [4.78, 5) is 11.3. The van der Waals surface area contributed by atoms with Crippen LogP contribution in [-0.4, -0.2) is 22.2 Å². The van der Waals surface area contributed by atoms with Gasteiger partial charge in [-0.1, -0.05) is 13.0 Å². The van der Waals surface area contributed by atoms with Crippen LogP contribution in [0.25, 0.3) is 10.9 Å². The highest BCUT2D eigenvalue weighted by Gasteiger charge is 2.12. The number of carboxylic acid groups (broad SMARTS) is 1. The van der Waals surface area contributed by atoms with Crippen LogP contribution in [0.4, 0.5) is 4.39 Å². The predicted molar refractivity (Wildman–Crippen MR) is 90.2 cm³/mol. The highest BCUT2D eigenvalue weighted by Crippen LogP contribution is 2.25. The van der Waals surface area contributed by atoms with Crippen LogP contribution in [-0.2, 0) is 6.54 Å². The zero-order valence-electron chi connectivity index (χ0n) is 13.3. The molecule has 0 aliphatic carbocycles. The molecule has 2 aromatic carbocycles. The summed E-state index contributed by atoms with van der Waals surface area (Å²) < 4.78 is 21.2. The van der Waals surface area contributed by atoms with Gasteiger partial charge in [-0.3, -0.25) is 0 Å². The third kappa shape index (κ3) is 3.11. The van der Waals surface area contributed by atoms with Gasteiger partial charge in [0.2, 0.25) is 0 Å². The number of carbonyl (C=O) groups is 1. The van der Waals surface area contributed by atoms with Gasteiger partial charge >= 0.3 is 5.97 Å². The quantitative estimate of drug-likeness (QED) is 0.734. The Morgan fingerprint density at radius 3 is 2.83 bits per heavy atom. The minimum absolute atomic E-state index is 0.257. The number of hydrogen-bond acceptors (Lipinski definition) is 2. The maximum atomic E-state index is 13.6. The van der Waals surface area contributed by atoms with Crippen LogP contribution in [0.2, 0.25) is 0 Å². The lowest BCUT2D eigenvalue weighted by Gasteiger charge is -2.13. The van der Waals surface area contributed by atoms with Gasteiger partial charge in [0.1, 0.15) is 11.6 Å². The molecule has 0 saturated carbocycles. The van der Waals surface area contributed by atoms with Crippen LogP contribution in [0, 0.1) is 5.82 Å². The molecule has 0 atom stereocenters. The standard InChI is InChI=1S/C19H18FNO3/c1-2-10-24-18-7-6-14(20)11-13(18)12-21-9-8-15-16(19(22)23)4-3-5-17(15)21/h3-9,11H,2,10,12H2,1H3,(H,22,23). The van der Waals surface area contributed by atoms with Crippen LogP contribution in [0.3, 0.4) is 0 Å². The molecule has 24 heavy (non-hydrogen) atoms. The second-order valence-corrected chi connectivity index (χ2v) is 5.59. The molecule has 0 aliphatic rings. The van der Waals surface area contributed by atoms with E-state index in [1.54, 1.807) is 24.3 Å². The van der Waals surface area contributed by atoms with E-state index in [9.17, 15) is 14.3 Å². The largest absolute Gasteiger partial charge is 0.493 e. The van der Waals surface area contributed by atoms with Crippen LogP contribution < -0.4 is 4.74 Å². The first-order valence-corrected chi connectivity index (χ1v) is 7.82. The number of carboxylic acids is 1. The van der Waals surface area contributed by atoms with Crippen LogP contribution in [0.15, 0.2) is 48.7 Å². The first kappa shape index (κ1) is 16.1. The van der Waals surface area contributed by atoms with Crippen molar-refractivity contribution < 1.29 is 19.0 Å². The Labute approximate surface area is 139 Å². The summed E-state index contributed by atoms with van der Waals surface area (Å²) >= 11 is 0. The van der Waals surface area contributed by atoms with Crippen molar-refractivity contribution in [3.05, 3.63) is 65.6 Å². The van der Waals surface area contributed by atoms with Gasteiger partial charge in [0.05, 0.1) is 18.7 Å². The molecule has 0 fully saturated rings. The fourth-order valence-corrected chi connectivity index (χ4v) is 2.76. The van der Waals surface area contributed by atoms with Gasteiger partial charge < -0.3 is 14.4 Å². The molecule has 1 heterocycles. The van der Waals surface area contributed by atoms with Crippen molar-refractivity contribution in [2.24, 2.45) is 0 Å². The molecule has 0 saturated heterocycles. The lowest BCUT2D eigenvalue weighted by molar-refractivity contribution is 0.0699. The summed E-state index contributed by atoms with van der Waals surface area (Å²) in [5.41, 5.74) is 1.77. The molecule has 3 rings (SSSR count). The maximum absolute atomic E-state index is 13.6. The van der Waals surface area contributed by atoms with E-state index in [2.05, 4.69) is 0 Å². The van der Waals surface area contributed by atoms with Crippen molar-refractivity contribution in [3.63, 3.8) is 0 Å². The van der Waals surface area contributed by atoms with E-state index in [-0.39, 0.29) is 11.4 Å². The Morgan fingerprint density at radius 2 is 2.08 bits per heavy atom. The normalized spacial score (nSPS) is 10.9. The van der Waals surface area contributed by atoms with Crippen molar-refractivity contribution in [3.8, 4) is 5.75 Å². The number of ether oxygens (including phenoxy) is 1. The number of fused-ring (bicyclic) bond motifs is 1. The Balaban J connectivity index is 2.00. The molecule has 0 spiro atoms. The summed E-state index contributed by atoms with van der Waals surface area (Å²) in [6, 6.07) is 11.4. The Morgan fingerprint density at radius 1 is 1.25 bits per heavy atom. The lowest BCUT2D eigenvalue weighted by Crippen LogP contribution is -2.04. The molecule has 0 radical (unpaired) electrons. The predicted octanol–water partition coefficient (Wildman–Crippen LogP) is 4.32.